The average molecular weight is 217 g/mol. The number of hydrogen-bond acceptors (Lipinski definition) is 3. The van der Waals surface area contributed by atoms with Crippen molar-refractivity contribution in [3.8, 4) is 5.75 Å². The molecule has 0 saturated carbocycles. The van der Waals surface area contributed by atoms with Gasteiger partial charge >= 0.3 is 0 Å². The molecule has 1 N–H and O–H groups in total. The molecule has 0 spiro atoms. The molecule has 0 bridgehead atoms. The van der Waals surface area contributed by atoms with Crippen LogP contribution in [0.3, 0.4) is 0 Å². The molecular weight excluding hydrogens is 209 g/mol. The number of phenolic OH excluding ortho intramolecular Hbond substituents is 1. The van der Waals surface area contributed by atoms with Crippen molar-refractivity contribution in [2.24, 2.45) is 0 Å². The van der Waals surface area contributed by atoms with Crippen molar-refractivity contribution >= 4 is 5.78 Å². The molecule has 0 aliphatic heterocycles. The van der Waals surface area contributed by atoms with Gasteiger partial charge in [0, 0.05) is 11.8 Å². The molecule has 0 aliphatic rings. The summed E-state index contributed by atoms with van der Waals surface area (Å²) >= 11 is 0. The Morgan fingerprint density at radius 1 is 1.25 bits per heavy atom. The Hall–Kier alpha value is -2.23. The van der Waals surface area contributed by atoms with Crippen LogP contribution in [0.2, 0.25) is 0 Å². The number of aromatic hydroxyl groups is 1. The number of ketones is 1. The Kier molecular flexibility index (Phi) is 2.64. The molecule has 0 aliphatic carbocycles. The Balaban J connectivity index is 2.39. The molecule has 16 heavy (non-hydrogen) atoms. The third kappa shape index (κ3) is 1.91. The van der Waals surface area contributed by atoms with Gasteiger partial charge in [-0.1, -0.05) is 6.07 Å². The fraction of sp³-hybridized carbons (Fsp3) is 0. The minimum Gasteiger partial charge on any atom is -0.505 e. The molecule has 2 rings (SSSR count). The average Bonchev–Trinajstić information content (AvgIpc) is 2.33. The van der Waals surface area contributed by atoms with Crippen LogP contribution in [-0.2, 0) is 0 Å². The van der Waals surface area contributed by atoms with E-state index in [1.165, 1.54) is 12.3 Å². The van der Waals surface area contributed by atoms with Crippen LogP contribution in [0.1, 0.15) is 16.1 Å². The minimum absolute atomic E-state index is 0.206. The van der Waals surface area contributed by atoms with Crippen LogP contribution in [0.5, 0.6) is 5.75 Å². The van der Waals surface area contributed by atoms with Gasteiger partial charge in [0.05, 0.1) is 0 Å². The first-order chi connectivity index (χ1) is 7.68. The number of rotatable bonds is 2. The van der Waals surface area contributed by atoms with Crippen LogP contribution < -0.4 is 0 Å². The molecule has 0 radical (unpaired) electrons. The zero-order chi connectivity index (χ0) is 11.5. The van der Waals surface area contributed by atoms with Crippen LogP contribution in [0, 0.1) is 5.82 Å². The van der Waals surface area contributed by atoms with Gasteiger partial charge in [-0.25, -0.2) is 4.39 Å². The SMILES string of the molecule is O=C(c1ccc(F)c(O)c1)c1ccccn1. The van der Waals surface area contributed by atoms with Gasteiger partial charge in [0.25, 0.3) is 0 Å². The fourth-order valence-corrected chi connectivity index (χ4v) is 1.30. The van der Waals surface area contributed by atoms with Gasteiger partial charge in [-0.3, -0.25) is 9.78 Å². The number of halogens is 1. The van der Waals surface area contributed by atoms with Gasteiger partial charge in [0.15, 0.2) is 11.6 Å². The van der Waals surface area contributed by atoms with Crippen LogP contribution in [0.15, 0.2) is 42.6 Å². The molecule has 4 heteroatoms. The number of carbonyl (C=O) groups excluding carboxylic acids is 1. The Morgan fingerprint density at radius 2 is 2.06 bits per heavy atom. The molecule has 0 fully saturated rings. The van der Waals surface area contributed by atoms with E-state index >= 15 is 0 Å². The minimum atomic E-state index is -0.752. The maximum absolute atomic E-state index is 12.8. The highest BCUT2D eigenvalue weighted by atomic mass is 19.1. The molecule has 1 heterocycles. The summed E-state index contributed by atoms with van der Waals surface area (Å²) in [5, 5.41) is 9.15. The van der Waals surface area contributed by atoms with E-state index in [-0.39, 0.29) is 17.0 Å². The summed E-state index contributed by atoms with van der Waals surface area (Å²) in [6.45, 7) is 0. The molecule has 3 nitrogen and oxygen atoms in total. The van der Waals surface area contributed by atoms with Gasteiger partial charge < -0.3 is 5.11 Å². The van der Waals surface area contributed by atoms with Crippen molar-refractivity contribution in [2.45, 2.75) is 0 Å². The summed E-state index contributed by atoms with van der Waals surface area (Å²) in [5.74, 6) is -1.64. The predicted octanol–water partition coefficient (Wildman–Crippen LogP) is 2.16. The van der Waals surface area contributed by atoms with Gasteiger partial charge in [-0.2, -0.15) is 0 Å². The first kappa shape index (κ1) is 10.3. The largest absolute Gasteiger partial charge is 0.505 e. The molecule has 2 aromatic rings. The topological polar surface area (TPSA) is 50.2 Å². The maximum atomic E-state index is 12.8. The quantitative estimate of drug-likeness (QED) is 0.784. The van der Waals surface area contributed by atoms with E-state index in [1.807, 2.05) is 0 Å². The molecule has 0 amide bonds. The number of pyridine rings is 1. The number of carbonyl (C=O) groups is 1. The Bertz CT molecular complexity index is 526. The Morgan fingerprint density at radius 3 is 2.69 bits per heavy atom. The lowest BCUT2D eigenvalue weighted by Crippen LogP contribution is -2.03. The van der Waals surface area contributed by atoms with E-state index in [1.54, 1.807) is 18.2 Å². The second-order valence-corrected chi connectivity index (χ2v) is 3.21. The fourth-order valence-electron chi connectivity index (χ4n) is 1.30. The summed E-state index contributed by atoms with van der Waals surface area (Å²) < 4.78 is 12.8. The lowest BCUT2D eigenvalue weighted by Gasteiger charge is -2.01. The summed E-state index contributed by atoms with van der Waals surface area (Å²) in [5.41, 5.74) is 0.464. The standard InChI is InChI=1S/C12H8FNO2/c13-9-5-4-8(7-11(9)15)12(16)10-3-1-2-6-14-10/h1-7,15H. The monoisotopic (exact) mass is 217 g/mol. The lowest BCUT2D eigenvalue weighted by atomic mass is 10.1. The predicted molar refractivity (Wildman–Crippen MR) is 55.7 cm³/mol. The van der Waals surface area contributed by atoms with E-state index in [9.17, 15) is 9.18 Å². The van der Waals surface area contributed by atoms with Gasteiger partial charge in [0.2, 0.25) is 5.78 Å². The molecule has 1 aromatic carbocycles. The smallest absolute Gasteiger partial charge is 0.211 e. The molecular formula is C12H8FNO2. The molecule has 0 unspecified atom stereocenters. The first-order valence-corrected chi connectivity index (χ1v) is 4.63. The zero-order valence-electron chi connectivity index (χ0n) is 8.22. The highest BCUT2D eigenvalue weighted by molar-refractivity contribution is 6.07. The summed E-state index contributed by atoms with van der Waals surface area (Å²) in [4.78, 5) is 15.7. The maximum Gasteiger partial charge on any atom is 0.211 e. The molecule has 0 atom stereocenters. The van der Waals surface area contributed by atoms with Gasteiger partial charge in [-0.05, 0) is 30.3 Å². The molecule has 0 saturated heterocycles. The number of benzene rings is 1. The van der Waals surface area contributed by atoms with E-state index < -0.39 is 11.6 Å². The van der Waals surface area contributed by atoms with Gasteiger partial charge in [-0.15, -0.1) is 0 Å². The third-order valence-electron chi connectivity index (χ3n) is 2.11. The van der Waals surface area contributed by atoms with E-state index in [0.717, 1.165) is 12.1 Å². The van der Waals surface area contributed by atoms with Crippen LogP contribution in [0.4, 0.5) is 4.39 Å². The van der Waals surface area contributed by atoms with E-state index in [2.05, 4.69) is 4.98 Å². The van der Waals surface area contributed by atoms with Crippen molar-refractivity contribution in [3.05, 3.63) is 59.7 Å². The highest BCUT2D eigenvalue weighted by Gasteiger charge is 2.11. The number of phenols is 1. The normalized spacial score (nSPS) is 10.1. The number of nitrogens with zero attached hydrogens (tertiary/aromatic N) is 1. The van der Waals surface area contributed by atoms with Crippen molar-refractivity contribution in [1.29, 1.82) is 0 Å². The van der Waals surface area contributed by atoms with Crippen LogP contribution >= 0.6 is 0 Å². The van der Waals surface area contributed by atoms with Crippen molar-refractivity contribution < 1.29 is 14.3 Å². The second kappa shape index (κ2) is 4.10. The van der Waals surface area contributed by atoms with E-state index in [0.29, 0.717) is 0 Å². The van der Waals surface area contributed by atoms with Gasteiger partial charge in [0.1, 0.15) is 5.69 Å². The lowest BCUT2D eigenvalue weighted by molar-refractivity contribution is 0.103. The van der Waals surface area contributed by atoms with Crippen molar-refractivity contribution in [2.75, 3.05) is 0 Å². The second-order valence-electron chi connectivity index (χ2n) is 3.21. The first-order valence-electron chi connectivity index (χ1n) is 4.63. The van der Waals surface area contributed by atoms with Crippen molar-refractivity contribution in [1.82, 2.24) is 4.98 Å². The zero-order valence-corrected chi connectivity index (χ0v) is 8.22. The molecule has 1 aromatic heterocycles. The summed E-state index contributed by atoms with van der Waals surface area (Å²) in [6, 6.07) is 8.38. The summed E-state index contributed by atoms with van der Waals surface area (Å²) in [7, 11) is 0. The van der Waals surface area contributed by atoms with E-state index in [4.69, 9.17) is 5.11 Å². The number of aromatic nitrogens is 1. The van der Waals surface area contributed by atoms with Crippen molar-refractivity contribution in [3.63, 3.8) is 0 Å². The number of hydrogen-bond donors (Lipinski definition) is 1. The molecule has 80 valence electrons. The van der Waals surface area contributed by atoms with Crippen LogP contribution in [0.25, 0.3) is 0 Å². The Labute approximate surface area is 91.2 Å². The summed E-state index contributed by atoms with van der Waals surface area (Å²) in [6.07, 6.45) is 1.50. The highest BCUT2D eigenvalue weighted by Crippen LogP contribution is 2.18. The third-order valence-corrected chi connectivity index (χ3v) is 2.11. The van der Waals surface area contributed by atoms with Crippen LogP contribution in [-0.4, -0.2) is 15.9 Å².